The standard InChI is InChI=1S/C13H17NO3S2/c1-2-5-14-12(15)9-18-8-11-6-10(7-19-11)3-4-13(16)17/h3-4,6-7H,2,5,8-9H2,1H3,(H,14,15)(H,16,17)/b4-3+. The summed E-state index contributed by atoms with van der Waals surface area (Å²) in [6, 6.07) is 1.95. The Balaban J connectivity index is 2.30. The quantitative estimate of drug-likeness (QED) is 0.724. The number of thiophene rings is 1. The molecule has 2 N–H and O–H groups in total. The lowest BCUT2D eigenvalue weighted by molar-refractivity contribution is -0.131. The average Bonchev–Trinajstić information content (AvgIpc) is 2.82. The Bertz CT molecular complexity index is 454. The van der Waals surface area contributed by atoms with Crippen molar-refractivity contribution in [1.29, 1.82) is 0 Å². The molecule has 104 valence electrons. The van der Waals surface area contributed by atoms with Crippen molar-refractivity contribution < 1.29 is 14.7 Å². The number of hydrogen-bond acceptors (Lipinski definition) is 4. The highest BCUT2D eigenvalue weighted by molar-refractivity contribution is 7.99. The first-order chi connectivity index (χ1) is 9.11. The van der Waals surface area contributed by atoms with Gasteiger partial charge in [-0.15, -0.1) is 23.1 Å². The number of nitrogens with one attached hydrogen (secondary N) is 1. The summed E-state index contributed by atoms with van der Waals surface area (Å²) < 4.78 is 0. The van der Waals surface area contributed by atoms with Crippen molar-refractivity contribution in [1.82, 2.24) is 5.32 Å². The van der Waals surface area contributed by atoms with Gasteiger partial charge in [0.05, 0.1) is 5.75 Å². The Labute approximate surface area is 120 Å². The number of carbonyl (C=O) groups is 2. The molecule has 1 aromatic heterocycles. The molecule has 0 aromatic carbocycles. The van der Waals surface area contributed by atoms with Gasteiger partial charge in [-0.3, -0.25) is 4.79 Å². The molecule has 0 aliphatic rings. The zero-order valence-electron chi connectivity index (χ0n) is 10.7. The van der Waals surface area contributed by atoms with E-state index in [-0.39, 0.29) is 5.91 Å². The number of thioether (sulfide) groups is 1. The van der Waals surface area contributed by atoms with Gasteiger partial charge in [0.25, 0.3) is 0 Å². The molecule has 1 aromatic rings. The number of aliphatic carboxylic acids is 1. The van der Waals surface area contributed by atoms with Crippen LogP contribution in [0.15, 0.2) is 17.5 Å². The third-order valence-corrected chi connectivity index (χ3v) is 4.26. The molecule has 4 nitrogen and oxygen atoms in total. The molecule has 0 bridgehead atoms. The third kappa shape index (κ3) is 7.03. The number of amides is 1. The van der Waals surface area contributed by atoms with E-state index >= 15 is 0 Å². The fraction of sp³-hybridized carbons (Fsp3) is 0.385. The predicted octanol–water partition coefficient (Wildman–Crippen LogP) is 2.61. The van der Waals surface area contributed by atoms with E-state index in [4.69, 9.17) is 5.11 Å². The van der Waals surface area contributed by atoms with Crippen LogP contribution < -0.4 is 5.32 Å². The van der Waals surface area contributed by atoms with E-state index in [2.05, 4.69) is 5.32 Å². The minimum Gasteiger partial charge on any atom is -0.478 e. The van der Waals surface area contributed by atoms with E-state index in [1.165, 1.54) is 0 Å². The van der Waals surface area contributed by atoms with Gasteiger partial charge in [-0.2, -0.15) is 0 Å². The summed E-state index contributed by atoms with van der Waals surface area (Å²) in [5, 5.41) is 13.3. The van der Waals surface area contributed by atoms with E-state index in [0.29, 0.717) is 5.75 Å². The molecule has 1 amide bonds. The molecule has 0 spiro atoms. The molecule has 0 aliphatic carbocycles. The van der Waals surface area contributed by atoms with Gasteiger partial charge in [0.15, 0.2) is 0 Å². The van der Waals surface area contributed by atoms with Crippen molar-refractivity contribution in [3.05, 3.63) is 28.0 Å². The lowest BCUT2D eigenvalue weighted by Crippen LogP contribution is -2.25. The third-order valence-electron chi connectivity index (χ3n) is 2.14. The van der Waals surface area contributed by atoms with Gasteiger partial charge >= 0.3 is 5.97 Å². The molecule has 0 fully saturated rings. The summed E-state index contributed by atoms with van der Waals surface area (Å²) in [4.78, 5) is 22.9. The Morgan fingerprint density at radius 1 is 1.53 bits per heavy atom. The molecular formula is C13H17NO3S2. The van der Waals surface area contributed by atoms with Crippen LogP contribution in [0, 0.1) is 0 Å². The number of carboxylic acids is 1. The highest BCUT2D eigenvalue weighted by Crippen LogP contribution is 2.21. The first-order valence-corrected chi connectivity index (χ1v) is 7.98. The lowest BCUT2D eigenvalue weighted by atomic mass is 10.3. The van der Waals surface area contributed by atoms with Crippen molar-refractivity contribution in [2.75, 3.05) is 12.3 Å². The maximum absolute atomic E-state index is 11.4. The van der Waals surface area contributed by atoms with E-state index in [0.717, 1.165) is 35.2 Å². The second-order valence-electron chi connectivity index (χ2n) is 3.86. The molecule has 0 atom stereocenters. The molecule has 19 heavy (non-hydrogen) atoms. The van der Waals surface area contributed by atoms with Gasteiger partial charge in [0.1, 0.15) is 0 Å². The smallest absolute Gasteiger partial charge is 0.328 e. The second kappa shape index (κ2) is 8.77. The van der Waals surface area contributed by atoms with Crippen LogP contribution in [0.25, 0.3) is 6.08 Å². The summed E-state index contributed by atoms with van der Waals surface area (Å²) in [6.45, 7) is 2.74. The Kier molecular flexibility index (Phi) is 7.28. The van der Waals surface area contributed by atoms with E-state index < -0.39 is 5.97 Å². The first-order valence-electron chi connectivity index (χ1n) is 5.94. The Morgan fingerprint density at radius 2 is 2.32 bits per heavy atom. The van der Waals surface area contributed by atoms with Crippen molar-refractivity contribution in [2.24, 2.45) is 0 Å². The van der Waals surface area contributed by atoms with Crippen LogP contribution in [0.1, 0.15) is 23.8 Å². The minimum atomic E-state index is -0.949. The zero-order chi connectivity index (χ0) is 14.1. The summed E-state index contributed by atoms with van der Waals surface area (Å²) in [7, 11) is 0. The summed E-state index contributed by atoms with van der Waals surface area (Å²) in [5.74, 6) is 0.340. The molecule has 0 aliphatic heterocycles. The van der Waals surface area contributed by atoms with Crippen LogP contribution in [0.5, 0.6) is 0 Å². The highest BCUT2D eigenvalue weighted by Gasteiger charge is 2.02. The molecule has 0 radical (unpaired) electrons. The minimum absolute atomic E-state index is 0.0643. The summed E-state index contributed by atoms with van der Waals surface area (Å²) in [5.41, 5.74) is 0.887. The summed E-state index contributed by atoms with van der Waals surface area (Å²) >= 11 is 3.13. The Morgan fingerprint density at radius 3 is 3.00 bits per heavy atom. The monoisotopic (exact) mass is 299 g/mol. The van der Waals surface area contributed by atoms with Crippen molar-refractivity contribution in [3.8, 4) is 0 Å². The van der Waals surface area contributed by atoms with E-state index in [1.807, 2.05) is 18.4 Å². The van der Waals surface area contributed by atoms with Gasteiger partial charge in [0.2, 0.25) is 5.91 Å². The van der Waals surface area contributed by atoms with E-state index in [1.54, 1.807) is 29.2 Å². The number of carbonyl (C=O) groups excluding carboxylic acids is 1. The molecule has 1 rings (SSSR count). The fourth-order valence-electron chi connectivity index (χ4n) is 1.29. The topological polar surface area (TPSA) is 66.4 Å². The molecule has 1 heterocycles. The molecule has 0 saturated heterocycles. The number of carboxylic acid groups (broad SMARTS) is 1. The van der Waals surface area contributed by atoms with Crippen molar-refractivity contribution >= 4 is 41.1 Å². The summed E-state index contributed by atoms with van der Waals surface area (Å²) in [6.07, 6.45) is 3.64. The van der Waals surface area contributed by atoms with Gasteiger partial charge in [-0.25, -0.2) is 4.79 Å². The van der Waals surface area contributed by atoms with Crippen LogP contribution in [0.3, 0.4) is 0 Å². The number of rotatable bonds is 8. The highest BCUT2D eigenvalue weighted by atomic mass is 32.2. The first kappa shape index (κ1) is 15.8. The normalized spacial score (nSPS) is 10.8. The van der Waals surface area contributed by atoms with Crippen LogP contribution >= 0.6 is 23.1 Å². The largest absolute Gasteiger partial charge is 0.478 e. The zero-order valence-corrected chi connectivity index (χ0v) is 12.4. The van der Waals surface area contributed by atoms with Crippen LogP contribution in [-0.4, -0.2) is 29.3 Å². The van der Waals surface area contributed by atoms with Crippen molar-refractivity contribution in [3.63, 3.8) is 0 Å². The van der Waals surface area contributed by atoms with E-state index in [9.17, 15) is 9.59 Å². The molecule has 6 heteroatoms. The molecular weight excluding hydrogens is 282 g/mol. The maximum Gasteiger partial charge on any atom is 0.328 e. The van der Waals surface area contributed by atoms with Crippen LogP contribution in [0.4, 0.5) is 0 Å². The lowest BCUT2D eigenvalue weighted by Gasteiger charge is -2.02. The SMILES string of the molecule is CCCNC(=O)CSCc1cc(/C=C/C(=O)O)cs1. The van der Waals surface area contributed by atoms with Crippen LogP contribution in [-0.2, 0) is 15.3 Å². The number of hydrogen-bond donors (Lipinski definition) is 2. The average molecular weight is 299 g/mol. The second-order valence-corrected chi connectivity index (χ2v) is 5.84. The van der Waals surface area contributed by atoms with Crippen molar-refractivity contribution in [2.45, 2.75) is 19.1 Å². The molecule has 0 unspecified atom stereocenters. The maximum atomic E-state index is 11.4. The molecule has 0 saturated carbocycles. The van der Waals surface area contributed by atoms with Gasteiger partial charge in [0, 0.05) is 23.3 Å². The van der Waals surface area contributed by atoms with Gasteiger partial charge < -0.3 is 10.4 Å². The predicted molar refractivity (Wildman–Crippen MR) is 80.5 cm³/mol. The fourth-order valence-corrected chi connectivity index (χ4v) is 3.12. The van der Waals surface area contributed by atoms with Gasteiger partial charge in [-0.1, -0.05) is 6.92 Å². The van der Waals surface area contributed by atoms with Crippen LogP contribution in [0.2, 0.25) is 0 Å². The Hall–Kier alpha value is -1.27. The van der Waals surface area contributed by atoms with Gasteiger partial charge in [-0.05, 0) is 29.5 Å².